The quantitative estimate of drug-likeness (QED) is 0.605. The monoisotopic (exact) mass is 312 g/mol. The summed E-state index contributed by atoms with van der Waals surface area (Å²) in [4.78, 5) is 23.6. The van der Waals surface area contributed by atoms with Crippen LogP contribution in [0.3, 0.4) is 0 Å². The Balaban J connectivity index is 1.84. The highest BCUT2D eigenvalue weighted by Crippen LogP contribution is 2.63. The molecule has 0 aromatic carbocycles. The summed E-state index contributed by atoms with van der Waals surface area (Å²) >= 11 is 4.92. The van der Waals surface area contributed by atoms with Crippen molar-refractivity contribution >= 4 is 24.6 Å². The summed E-state index contributed by atoms with van der Waals surface area (Å²) in [6, 6.07) is 0. The van der Waals surface area contributed by atoms with Crippen LogP contribution in [0.2, 0.25) is 0 Å². The van der Waals surface area contributed by atoms with Crippen LogP contribution < -0.4 is 0 Å². The van der Waals surface area contributed by atoms with Gasteiger partial charge >= 0.3 is 11.9 Å². The van der Waals surface area contributed by atoms with E-state index in [9.17, 15) is 14.7 Å². The van der Waals surface area contributed by atoms with E-state index in [2.05, 4.69) is 0 Å². The van der Waals surface area contributed by atoms with Crippen molar-refractivity contribution in [2.75, 3.05) is 6.61 Å². The van der Waals surface area contributed by atoms with E-state index < -0.39 is 22.6 Å². The lowest BCUT2D eigenvalue weighted by atomic mass is 9.49. The van der Waals surface area contributed by atoms with Crippen molar-refractivity contribution in [2.24, 2.45) is 29.6 Å². The molecule has 0 saturated heterocycles. The maximum Gasteiger partial charge on any atom is 0.308 e. The van der Waals surface area contributed by atoms with E-state index in [1.54, 1.807) is 6.92 Å². The van der Waals surface area contributed by atoms with E-state index in [0.717, 1.165) is 37.5 Å². The maximum absolute atomic E-state index is 11.8. The molecule has 1 unspecified atom stereocenters. The number of ether oxygens (including phenoxy) is 1. The van der Waals surface area contributed by atoms with Crippen LogP contribution in [-0.2, 0) is 14.3 Å². The first kappa shape index (κ1) is 15.2. The molecule has 4 rings (SSSR count). The first-order valence-corrected chi connectivity index (χ1v) is 8.50. The number of thiol groups is 1. The van der Waals surface area contributed by atoms with Gasteiger partial charge in [-0.1, -0.05) is 0 Å². The van der Waals surface area contributed by atoms with Gasteiger partial charge in [-0.3, -0.25) is 9.59 Å². The Morgan fingerprint density at radius 3 is 2.14 bits per heavy atom. The fraction of sp³-hybridized carbons (Fsp3) is 0.875. The zero-order valence-corrected chi connectivity index (χ0v) is 13.4. The van der Waals surface area contributed by atoms with Crippen molar-refractivity contribution < 1.29 is 19.4 Å². The molecule has 4 saturated carbocycles. The first-order valence-electron chi connectivity index (χ1n) is 8.05. The van der Waals surface area contributed by atoms with Crippen LogP contribution >= 0.6 is 12.6 Å². The Kier molecular flexibility index (Phi) is 3.97. The lowest BCUT2D eigenvalue weighted by Gasteiger charge is -2.61. The lowest BCUT2D eigenvalue weighted by molar-refractivity contribution is -0.157. The summed E-state index contributed by atoms with van der Waals surface area (Å²) in [6.07, 6.45) is 5.61. The molecule has 0 heterocycles. The molecule has 0 aromatic heterocycles. The number of carbonyl (C=O) groups excluding carboxylic acids is 1. The van der Waals surface area contributed by atoms with Crippen LogP contribution in [0.15, 0.2) is 0 Å². The van der Waals surface area contributed by atoms with Gasteiger partial charge in [-0.15, -0.1) is 0 Å². The van der Waals surface area contributed by atoms with E-state index in [1.165, 1.54) is 6.42 Å². The molecule has 118 valence electrons. The highest BCUT2D eigenvalue weighted by atomic mass is 32.1. The highest BCUT2D eigenvalue weighted by molar-refractivity contribution is 7.82. The van der Waals surface area contributed by atoms with E-state index in [4.69, 9.17) is 17.4 Å². The number of hydrogen-bond donors (Lipinski definition) is 2. The minimum Gasteiger partial charge on any atom is -0.481 e. The Labute approximate surface area is 131 Å². The molecule has 0 spiro atoms. The van der Waals surface area contributed by atoms with Crippen LogP contribution in [0.4, 0.5) is 0 Å². The molecule has 0 aromatic rings. The van der Waals surface area contributed by atoms with Gasteiger partial charge in [-0.25, -0.2) is 0 Å². The Morgan fingerprint density at radius 1 is 1.19 bits per heavy atom. The molecule has 0 radical (unpaired) electrons. The second-order valence-corrected chi connectivity index (χ2v) is 7.87. The molecule has 1 atom stereocenters. The Morgan fingerprint density at radius 2 is 1.71 bits per heavy atom. The standard InChI is InChI=1S/C16H24O4S/c1-2-20-14(17)8-13(15(18)19)16(21)11-4-9-3-10(6-11)7-12(16)5-9/h9-13,21H,2-8H2,1H3,(H,18,19). The third kappa shape index (κ3) is 2.47. The third-order valence-corrected chi connectivity index (χ3v) is 7.02. The number of hydrogen-bond acceptors (Lipinski definition) is 4. The van der Waals surface area contributed by atoms with Gasteiger partial charge in [0.2, 0.25) is 0 Å². The summed E-state index contributed by atoms with van der Waals surface area (Å²) in [5, 5.41) is 9.68. The fourth-order valence-corrected chi connectivity index (χ4v) is 5.97. The summed E-state index contributed by atoms with van der Waals surface area (Å²) in [6.45, 7) is 2.04. The highest BCUT2D eigenvalue weighted by Gasteiger charge is 2.60. The third-order valence-electron chi connectivity index (χ3n) is 5.98. The van der Waals surface area contributed by atoms with Gasteiger partial charge in [-0.05, 0) is 62.7 Å². The second kappa shape index (κ2) is 5.49. The number of carbonyl (C=O) groups is 2. The predicted octanol–water partition coefficient (Wildman–Crippen LogP) is 2.77. The minimum absolute atomic E-state index is 0.0466. The molecule has 0 aliphatic heterocycles. The molecule has 4 nitrogen and oxygen atoms in total. The molecule has 0 amide bonds. The molecule has 5 heteroatoms. The van der Waals surface area contributed by atoms with Crippen LogP contribution in [0, 0.1) is 29.6 Å². The predicted molar refractivity (Wildman–Crippen MR) is 81.1 cm³/mol. The smallest absolute Gasteiger partial charge is 0.308 e. The normalized spacial score (nSPS) is 41.8. The summed E-state index contributed by atoms with van der Waals surface area (Å²) < 4.78 is 4.44. The lowest BCUT2D eigenvalue weighted by Crippen LogP contribution is -2.60. The zero-order chi connectivity index (χ0) is 15.2. The van der Waals surface area contributed by atoms with Gasteiger partial charge in [0.1, 0.15) is 0 Å². The van der Waals surface area contributed by atoms with Gasteiger partial charge in [0.15, 0.2) is 0 Å². The van der Waals surface area contributed by atoms with E-state index >= 15 is 0 Å². The number of carboxylic acids is 1. The van der Waals surface area contributed by atoms with E-state index in [0.29, 0.717) is 18.4 Å². The molecule has 4 aliphatic carbocycles. The topological polar surface area (TPSA) is 63.6 Å². The Bertz CT molecular complexity index is 420. The number of esters is 1. The number of carboxylic acid groups (broad SMARTS) is 1. The van der Waals surface area contributed by atoms with Crippen molar-refractivity contribution in [3.8, 4) is 0 Å². The summed E-state index contributed by atoms with van der Waals surface area (Å²) in [5.74, 6) is 0.155. The molecule has 4 aliphatic rings. The average Bonchev–Trinajstić information content (AvgIpc) is 2.41. The largest absolute Gasteiger partial charge is 0.481 e. The van der Waals surface area contributed by atoms with E-state index in [1.807, 2.05) is 0 Å². The van der Waals surface area contributed by atoms with Crippen LogP contribution in [0.5, 0.6) is 0 Å². The molecular weight excluding hydrogens is 288 g/mol. The minimum atomic E-state index is -0.898. The van der Waals surface area contributed by atoms with Crippen molar-refractivity contribution in [1.82, 2.24) is 0 Å². The van der Waals surface area contributed by atoms with Crippen molar-refractivity contribution in [3.05, 3.63) is 0 Å². The second-order valence-electron chi connectivity index (χ2n) is 7.09. The molecular formula is C16H24O4S. The summed E-state index contributed by atoms with van der Waals surface area (Å²) in [7, 11) is 0. The molecule has 1 N–H and O–H groups in total. The number of rotatable bonds is 5. The molecule has 21 heavy (non-hydrogen) atoms. The zero-order valence-electron chi connectivity index (χ0n) is 12.5. The van der Waals surface area contributed by atoms with Crippen molar-refractivity contribution in [2.45, 2.75) is 50.2 Å². The molecule has 4 fully saturated rings. The van der Waals surface area contributed by atoms with Crippen LogP contribution in [-0.4, -0.2) is 28.4 Å². The van der Waals surface area contributed by atoms with Gasteiger partial charge < -0.3 is 9.84 Å². The van der Waals surface area contributed by atoms with Gasteiger partial charge in [0.05, 0.1) is 18.9 Å². The van der Waals surface area contributed by atoms with Crippen LogP contribution in [0.1, 0.15) is 45.4 Å². The maximum atomic E-state index is 11.8. The molecule has 4 bridgehead atoms. The van der Waals surface area contributed by atoms with Gasteiger partial charge in [0, 0.05) is 4.75 Å². The van der Waals surface area contributed by atoms with E-state index in [-0.39, 0.29) is 6.42 Å². The fourth-order valence-electron chi connectivity index (χ4n) is 5.34. The van der Waals surface area contributed by atoms with Crippen LogP contribution in [0.25, 0.3) is 0 Å². The van der Waals surface area contributed by atoms with Crippen molar-refractivity contribution in [1.29, 1.82) is 0 Å². The van der Waals surface area contributed by atoms with Crippen molar-refractivity contribution in [3.63, 3.8) is 0 Å². The number of aliphatic carboxylic acids is 1. The van der Waals surface area contributed by atoms with Gasteiger partial charge in [-0.2, -0.15) is 12.6 Å². The summed E-state index contributed by atoms with van der Waals surface area (Å²) in [5.41, 5.74) is 0. The average molecular weight is 312 g/mol. The van der Waals surface area contributed by atoms with Gasteiger partial charge in [0.25, 0.3) is 0 Å². The Hall–Kier alpha value is -0.710. The SMILES string of the molecule is CCOC(=O)CC(C(=O)O)C1(S)C2CC3CC(C2)CC1C3. The first-order chi connectivity index (χ1) is 9.95.